The molecule has 0 saturated carbocycles. The Labute approximate surface area is 159 Å². The van der Waals surface area contributed by atoms with E-state index in [9.17, 15) is 28.8 Å². The van der Waals surface area contributed by atoms with Gasteiger partial charge in [-0.3, -0.25) is 33.3 Å². The molecule has 3 rings (SSSR count). The quantitative estimate of drug-likeness (QED) is 0.588. The van der Waals surface area contributed by atoms with Gasteiger partial charge in [0.25, 0.3) is 17.7 Å². The molecule has 0 saturated heterocycles. The highest BCUT2D eigenvalue weighted by atomic mass is 16.2. The molecule has 0 bridgehead atoms. The molecule has 0 radical (unpaired) electrons. The second kappa shape index (κ2) is 6.69. The number of rotatable bonds is 3. The van der Waals surface area contributed by atoms with E-state index in [0.717, 1.165) is 17.6 Å². The first-order valence-corrected chi connectivity index (χ1v) is 8.21. The van der Waals surface area contributed by atoms with Crippen molar-refractivity contribution < 1.29 is 28.8 Å². The summed E-state index contributed by atoms with van der Waals surface area (Å²) in [4.78, 5) is 73.6. The van der Waals surface area contributed by atoms with Gasteiger partial charge in [-0.25, -0.2) is 0 Å². The third kappa shape index (κ3) is 2.64. The van der Waals surface area contributed by atoms with Gasteiger partial charge in [-0.2, -0.15) is 10.0 Å². The molecular weight excluding hydrogens is 366 g/mol. The van der Waals surface area contributed by atoms with Crippen LogP contribution in [-0.2, 0) is 4.79 Å². The second-order valence-corrected chi connectivity index (χ2v) is 6.14. The summed E-state index contributed by atoms with van der Waals surface area (Å²) in [5.74, 6) is -4.01. The first kappa shape index (κ1) is 18.9. The molecule has 9 heteroatoms. The van der Waals surface area contributed by atoms with E-state index in [1.807, 2.05) is 0 Å². The maximum absolute atomic E-state index is 13.1. The van der Waals surface area contributed by atoms with Crippen molar-refractivity contribution in [3.8, 4) is 0 Å². The Hall–Kier alpha value is -3.88. The number of aromatic nitrogens is 1. The normalized spacial score (nSPS) is 12.8. The van der Waals surface area contributed by atoms with Crippen LogP contribution in [0.15, 0.2) is 30.3 Å². The van der Waals surface area contributed by atoms with E-state index in [4.69, 9.17) is 0 Å². The van der Waals surface area contributed by atoms with Crippen LogP contribution < -0.4 is 0 Å². The zero-order valence-corrected chi connectivity index (χ0v) is 15.3. The van der Waals surface area contributed by atoms with Crippen LogP contribution in [0.5, 0.6) is 0 Å². The van der Waals surface area contributed by atoms with Crippen molar-refractivity contribution in [1.29, 1.82) is 0 Å². The largest absolute Gasteiger partial charge is 0.296 e. The van der Waals surface area contributed by atoms with Crippen LogP contribution in [0.2, 0.25) is 0 Å². The van der Waals surface area contributed by atoms with Gasteiger partial charge in [0.1, 0.15) is 0 Å². The Bertz CT molecular complexity index is 1050. The Kier molecular flexibility index (Phi) is 4.52. The molecule has 1 aliphatic rings. The molecule has 1 aromatic heterocycles. The molecular formula is C19H15N3O6. The van der Waals surface area contributed by atoms with Crippen molar-refractivity contribution in [3.05, 3.63) is 58.4 Å². The van der Waals surface area contributed by atoms with E-state index in [1.165, 1.54) is 26.0 Å². The minimum absolute atomic E-state index is 0.0677. The van der Waals surface area contributed by atoms with Gasteiger partial charge in [-0.15, -0.1) is 0 Å². The number of imide groups is 2. The van der Waals surface area contributed by atoms with Crippen molar-refractivity contribution in [2.45, 2.75) is 20.8 Å². The molecule has 0 atom stereocenters. The Balaban J connectivity index is 2.11. The van der Waals surface area contributed by atoms with Crippen LogP contribution >= 0.6 is 0 Å². The summed E-state index contributed by atoms with van der Waals surface area (Å²) >= 11 is 0. The minimum atomic E-state index is -0.998. The Morgan fingerprint density at radius 1 is 1.00 bits per heavy atom. The van der Waals surface area contributed by atoms with Crippen molar-refractivity contribution in [1.82, 2.24) is 14.6 Å². The minimum Gasteiger partial charge on any atom is -0.296 e. The SMILES string of the molecule is CC(=O)N(C(=O)c1cc(C=O)n(C(C)=O)c1C)N1C(=O)c2ccccc2C1=O. The maximum Gasteiger partial charge on any atom is 0.281 e. The first-order chi connectivity index (χ1) is 13.2. The molecule has 9 nitrogen and oxygen atoms in total. The van der Waals surface area contributed by atoms with Crippen LogP contribution in [0.25, 0.3) is 0 Å². The average molecular weight is 381 g/mol. The highest BCUT2D eigenvalue weighted by molar-refractivity contribution is 6.23. The molecule has 28 heavy (non-hydrogen) atoms. The summed E-state index contributed by atoms with van der Waals surface area (Å²) in [5.41, 5.74) is 0.0158. The lowest BCUT2D eigenvalue weighted by Crippen LogP contribution is -2.52. The standard InChI is InChI=1S/C19H15N3O6/c1-10-16(8-13(9-23)20(10)11(2)24)19(28)21(12(3)25)22-17(26)14-6-4-5-7-15(14)18(22)27/h4-9H,1-3H3. The second-order valence-electron chi connectivity index (χ2n) is 6.14. The van der Waals surface area contributed by atoms with Crippen molar-refractivity contribution in [2.75, 3.05) is 0 Å². The van der Waals surface area contributed by atoms with Crippen LogP contribution in [0, 0.1) is 6.92 Å². The van der Waals surface area contributed by atoms with E-state index >= 15 is 0 Å². The van der Waals surface area contributed by atoms with Gasteiger partial charge in [0.05, 0.1) is 22.4 Å². The van der Waals surface area contributed by atoms with E-state index in [-0.39, 0.29) is 28.1 Å². The Morgan fingerprint density at radius 3 is 1.93 bits per heavy atom. The zero-order valence-electron chi connectivity index (χ0n) is 15.3. The summed E-state index contributed by atoms with van der Waals surface area (Å²) in [5, 5.41) is 0.895. The fraction of sp³-hybridized carbons (Fsp3) is 0.158. The molecule has 0 fully saturated rings. The number of fused-ring (bicyclic) bond motifs is 1. The van der Waals surface area contributed by atoms with Gasteiger partial charge >= 0.3 is 0 Å². The predicted molar refractivity (Wildman–Crippen MR) is 94.6 cm³/mol. The van der Waals surface area contributed by atoms with Gasteiger partial charge in [0, 0.05) is 19.5 Å². The number of carbonyl (C=O) groups is 6. The molecule has 0 N–H and O–H groups in total. The molecule has 0 spiro atoms. The summed E-state index contributed by atoms with van der Waals surface area (Å²) in [6, 6.07) is 7.09. The number of nitrogens with zero attached hydrogens (tertiary/aromatic N) is 3. The maximum atomic E-state index is 13.1. The van der Waals surface area contributed by atoms with Gasteiger partial charge in [-0.1, -0.05) is 12.1 Å². The van der Waals surface area contributed by atoms with E-state index < -0.39 is 29.5 Å². The molecule has 0 aliphatic carbocycles. The van der Waals surface area contributed by atoms with Crippen LogP contribution in [0.1, 0.15) is 65.9 Å². The summed E-state index contributed by atoms with van der Waals surface area (Å²) in [7, 11) is 0. The molecule has 4 amide bonds. The number of hydrazine groups is 1. The van der Waals surface area contributed by atoms with E-state index in [2.05, 4.69) is 0 Å². The molecule has 1 aromatic carbocycles. The van der Waals surface area contributed by atoms with Gasteiger partial charge < -0.3 is 0 Å². The summed E-state index contributed by atoms with van der Waals surface area (Å²) in [6.45, 7) is 3.66. The topological polar surface area (TPSA) is 114 Å². The number of aldehydes is 1. The van der Waals surface area contributed by atoms with Crippen molar-refractivity contribution >= 4 is 35.8 Å². The molecule has 2 aromatic rings. The van der Waals surface area contributed by atoms with E-state index in [0.29, 0.717) is 16.3 Å². The summed E-state index contributed by atoms with van der Waals surface area (Å²) < 4.78 is 1.01. The highest BCUT2D eigenvalue weighted by Gasteiger charge is 2.43. The fourth-order valence-electron chi connectivity index (χ4n) is 3.20. The van der Waals surface area contributed by atoms with Crippen LogP contribution in [0.4, 0.5) is 0 Å². The average Bonchev–Trinajstić information content (AvgIpc) is 3.11. The lowest BCUT2D eigenvalue weighted by molar-refractivity contribution is -0.134. The highest BCUT2D eigenvalue weighted by Crippen LogP contribution is 2.26. The molecule has 0 unspecified atom stereocenters. The monoisotopic (exact) mass is 381 g/mol. The third-order valence-electron chi connectivity index (χ3n) is 4.40. The number of carbonyl (C=O) groups excluding carboxylic acids is 6. The lowest BCUT2D eigenvalue weighted by Gasteiger charge is -2.26. The number of amides is 4. The van der Waals surface area contributed by atoms with Crippen LogP contribution in [0.3, 0.4) is 0 Å². The number of hydrogen-bond donors (Lipinski definition) is 0. The van der Waals surface area contributed by atoms with Gasteiger partial charge in [0.15, 0.2) is 6.29 Å². The first-order valence-electron chi connectivity index (χ1n) is 8.21. The lowest BCUT2D eigenvalue weighted by atomic mass is 10.1. The Morgan fingerprint density at radius 2 is 1.54 bits per heavy atom. The van der Waals surface area contributed by atoms with Gasteiger partial charge in [0.2, 0.25) is 11.8 Å². The zero-order chi connectivity index (χ0) is 20.7. The van der Waals surface area contributed by atoms with Gasteiger partial charge in [-0.05, 0) is 25.1 Å². The van der Waals surface area contributed by atoms with Crippen molar-refractivity contribution in [2.24, 2.45) is 0 Å². The number of benzene rings is 1. The van der Waals surface area contributed by atoms with E-state index in [1.54, 1.807) is 12.1 Å². The van der Waals surface area contributed by atoms with Crippen molar-refractivity contribution in [3.63, 3.8) is 0 Å². The molecule has 142 valence electrons. The molecule has 2 heterocycles. The smallest absolute Gasteiger partial charge is 0.281 e. The van der Waals surface area contributed by atoms with Crippen LogP contribution in [-0.4, -0.2) is 50.4 Å². The number of hydrogen-bond acceptors (Lipinski definition) is 6. The molecule has 1 aliphatic heterocycles. The fourth-order valence-corrected chi connectivity index (χ4v) is 3.20. The third-order valence-corrected chi connectivity index (χ3v) is 4.40. The predicted octanol–water partition coefficient (Wildman–Crippen LogP) is 1.47. The summed E-state index contributed by atoms with van der Waals surface area (Å²) in [6.07, 6.45) is 0.394.